The number of ether oxygens (including phenoxy) is 2. The summed E-state index contributed by atoms with van der Waals surface area (Å²) in [6.45, 7) is 2.95. The van der Waals surface area contributed by atoms with Crippen molar-refractivity contribution in [1.82, 2.24) is 25.6 Å². The van der Waals surface area contributed by atoms with Crippen molar-refractivity contribution in [2.75, 3.05) is 31.3 Å². The lowest BCUT2D eigenvalue weighted by Crippen LogP contribution is -2.38. The Morgan fingerprint density at radius 1 is 1.13 bits per heavy atom. The van der Waals surface area contributed by atoms with E-state index in [4.69, 9.17) is 9.47 Å². The molecule has 2 saturated heterocycles. The third kappa shape index (κ3) is 5.71. The van der Waals surface area contributed by atoms with Crippen LogP contribution in [-0.2, 0) is 11.3 Å². The number of amides is 2. The molecule has 39 heavy (non-hydrogen) atoms. The van der Waals surface area contributed by atoms with E-state index in [1.807, 2.05) is 18.2 Å². The smallest absolute Gasteiger partial charge is 0.290 e. The summed E-state index contributed by atoms with van der Waals surface area (Å²) in [5, 5.41) is 5.27. The molecular weight excluding hydrogens is 523 g/mol. The number of hydrogen-bond acceptors (Lipinski definition) is 10. The van der Waals surface area contributed by atoms with Gasteiger partial charge in [0, 0.05) is 37.0 Å². The van der Waals surface area contributed by atoms with Gasteiger partial charge in [-0.2, -0.15) is 0 Å². The summed E-state index contributed by atoms with van der Waals surface area (Å²) in [6, 6.07) is 9.06. The highest BCUT2D eigenvalue weighted by Gasteiger charge is 2.26. The van der Waals surface area contributed by atoms with Gasteiger partial charge in [0.2, 0.25) is 12.7 Å². The van der Waals surface area contributed by atoms with Crippen LogP contribution in [0.5, 0.6) is 11.5 Å². The lowest BCUT2D eigenvalue weighted by Gasteiger charge is -2.32. The molecule has 0 radical (unpaired) electrons. The summed E-state index contributed by atoms with van der Waals surface area (Å²) in [7, 11) is 0. The normalized spacial score (nSPS) is 18.2. The summed E-state index contributed by atoms with van der Waals surface area (Å²) < 4.78 is 25.3. The lowest BCUT2D eigenvalue weighted by atomic mass is 9.97. The van der Waals surface area contributed by atoms with Gasteiger partial charge in [0.05, 0.1) is 22.5 Å². The van der Waals surface area contributed by atoms with Gasteiger partial charge < -0.3 is 19.7 Å². The van der Waals surface area contributed by atoms with Crippen LogP contribution in [-0.4, -0.2) is 52.5 Å². The molecule has 2 N–H and O–H groups in total. The van der Waals surface area contributed by atoms with Crippen molar-refractivity contribution < 1.29 is 23.5 Å². The van der Waals surface area contributed by atoms with E-state index in [1.54, 1.807) is 24.4 Å². The average molecular weight is 549 g/mol. The van der Waals surface area contributed by atoms with Gasteiger partial charge >= 0.3 is 0 Å². The second kappa shape index (κ2) is 11.0. The number of halogens is 1. The highest BCUT2D eigenvalue weighted by molar-refractivity contribution is 8.18. The van der Waals surface area contributed by atoms with Crippen molar-refractivity contribution in [3.63, 3.8) is 0 Å². The number of piperidine rings is 1. The van der Waals surface area contributed by atoms with Crippen LogP contribution in [0.1, 0.15) is 24.1 Å². The fourth-order valence-electron chi connectivity index (χ4n) is 4.73. The number of carbonyl (C=O) groups is 2. The Morgan fingerprint density at radius 2 is 1.97 bits per heavy atom. The first kappa shape index (κ1) is 25.3. The van der Waals surface area contributed by atoms with Crippen molar-refractivity contribution in [3.8, 4) is 22.8 Å². The average Bonchev–Trinajstić information content (AvgIpc) is 3.55. The molecular formula is C27H25FN6O4S. The molecule has 1 aromatic carbocycles. The zero-order chi connectivity index (χ0) is 26.8. The summed E-state index contributed by atoms with van der Waals surface area (Å²) in [5.41, 5.74) is 2.66. The number of benzene rings is 1. The van der Waals surface area contributed by atoms with E-state index in [2.05, 4.69) is 30.5 Å². The Balaban J connectivity index is 1.02. The van der Waals surface area contributed by atoms with Gasteiger partial charge in [-0.3, -0.25) is 19.9 Å². The van der Waals surface area contributed by atoms with E-state index in [9.17, 15) is 14.0 Å². The Labute approximate surface area is 228 Å². The highest BCUT2D eigenvalue weighted by Crippen LogP contribution is 2.35. The second-order valence-electron chi connectivity index (χ2n) is 9.42. The standard InChI is InChI=1S/C27H25FN6O4S/c28-20-14-31-21(17-1-2-22-23(10-17)38-15-37-22)9-18(20)13-29-12-16-4-7-34(8-5-16)26-30-6-3-19(32-26)11-24-25(35)33-27(36)39-24/h1-3,6,9-11,14,16,29H,4-5,7-8,12-13,15H2,(H,33,35,36). The molecule has 3 aliphatic heterocycles. The molecule has 0 saturated carbocycles. The molecule has 2 fully saturated rings. The number of thioether (sulfide) groups is 1. The van der Waals surface area contributed by atoms with Gasteiger partial charge in [-0.15, -0.1) is 0 Å². The Kier molecular flexibility index (Phi) is 7.12. The van der Waals surface area contributed by atoms with Gasteiger partial charge in [0.25, 0.3) is 11.1 Å². The quantitative estimate of drug-likeness (QED) is 0.423. The molecule has 5 heterocycles. The SMILES string of the molecule is O=C1NC(=O)C(=Cc2ccnc(N3CCC(CNCc4cc(-c5ccc6c(c5)OCO6)ncc4F)CC3)n2)S1. The maximum atomic E-state index is 14.5. The van der Waals surface area contributed by atoms with Gasteiger partial charge in [-0.25, -0.2) is 14.4 Å². The summed E-state index contributed by atoms with van der Waals surface area (Å²) in [5.74, 6) is 1.64. The number of rotatable bonds is 7. The minimum Gasteiger partial charge on any atom is -0.454 e. The minimum atomic E-state index is -0.408. The van der Waals surface area contributed by atoms with Crippen LogP contribution in [0.25, 0.3) is 17.3 Å². The molecule has 12 heteroatoms. The molecule has 3 aromatic rings. The molecule has 200 valence electrons. The van der Waals surface area contributed by atoms with Crippen molar-refractivity contribution in [2.45, 2.75) is 19.4 Å². The van der Waals surface area contributed by atoms with E-state index in [0.29, 0.717) is 51.8 Å². The van der Waals surface area contributed by atoms with Gasteiger partial charge in [0.15, 0.2) is 11.5 Å². The number of nitrogens with zero attached hydrogens (tertiary/aromatic N) is 4. The van der Waals surface area contributed by atoms with Crippen LogP contribution < -0.4 is 25.0 Å². The number of fused-ring (bicyclic) bond motifs is 1. The third-order valence-corrected chi connectivity index (χ3v) is 7.64. The second-order valence-corrected chi connectivity index (χ2v) is 10.4. The Morgan fingerprint density at radius 3 is 2.79 bits per heavy atom. The molecule has 3 aliphatic rings. The van der Waals surface area contributed by atoms with Crippen molar-refractivity contribution in [2.24, 2.45) is 5.92 Å². The van der Waals surface area contributed by atoms with E-state index in [0.717, 1.165) is 49.8 Å². The van der Waals surface area contributed by atoms with E-state index < -0.39 is 5.91 Å². The maximum absolute atomic E-state index is 14.5. The van der Waals surface area contributed by atoms with Crippen molar-refractivity contribution >= 4 is 34.9 Å². The summed E-state index contributed by atoms with van der Waals surface area (Å²) in [4.78, 5) is 38.9. The molecule has 10 nitrogen and oxygen atoms in total. The minimum absolute atomic E-state index is 0.198. The molecule has 6 rings (SSSR count). The summed E-state index contributed by atoms with van der Waals surface area (Å²) >= 11 is 0.865. The molecule has 0 bridgehead atoms. The monoisotopic (exact) mass is 548 g/mol. The lowest BCUT2D eigenvalue weighted by molar-refractivity contribution is -0.115. The molecule has 0 spiro atoms. The predicted octanol–water partition coefficient (Wildman–Crippen LogP) is 3.74. The number of hydrogen-bond donors (Lipinski definition) is 2. The Bertz CT molecular complexity index is 1460. The largest absolute Gasteiger partial charge is 0.454 e. The zero-order valence-corrected chi connectivity index (χ0v) is 21.7. The first-order valence-corrected chi connectivity index (χ1v) is 13.4. The number of carbonyl (C=O) groups excluding carboxylic acids is 2. The van der Waals surface area contributed by atoms with E-state index in [-0.39, 0.29) is 17.8 Å². The predicted molar refractivity (Wildman–Crippen MR) is 144 cm³/mol. The van der Waals surface area contributed by atoms with Crippen LogP contribution in [0, 0.1) is 11.7 Å². The van der Waals surface area contributed by atoms with Crippen LogP contribution in [0.15, 0.2) is 47.6 Å². The maximum Gasteiger partial charge on any atom is 0.290 e. The topological polar surface area (TPSA) is 119 Å². The number of imide groups is 1. The number of anilines is 1. The van der Waals surface area contributed by atoms with E-state index in [1.165, 1.54) is 6.20 Å². The third-order valence-electron chi connectivity index (χ3n) is 6.83. The van der Waals surface area contributed by atoms with E-state index >= 15 is 0 Å². The van der Waals surface area contributed by atoms with Gasteiger partial charge in [-0.1, -0.05) is 0 Å². The highest BCUT2D eigenvalue weighted by atomic mass is 32.2. The van der Waals surface area contributed by atoms with Crippen molar-refractivity contribution in [3.05, 3.63) is 64.7 Å². The van der Waals surface area contributed by atoms with Crippen LogP contribution in [0.4, 0.5) is 15.1 Å². The number of aromatic nitrogens is 3. The molecule has 2 amide bonds. The van der Waals surface area contributed by atoms with Crippen LogP contribution in [0.3, 0.4) is 0 Å². The molecule has 0 atom stereocenters. The number of nitrogens with one attached hydrogen (secondary N) is 2. The van der Waals surface area contributed by atoms with Gasteiger partial charge in [-0.05, 0) is 73.5 Å². The molecule has 2 aromatic heterocycles. The van der Waals surface area contributed by atoms with Crippen LogP contribution in [0.2, 0.25) is 0 Å². The first-order chi connectivity index (χ1) is 19.0. The van der Waals surface area contributed by atoms with Gasteiger partial charge in [0.1, 0.15) is 5.82 Å². The fraction of sp³-hybridized carbons (Fsp3) is 0.296. The molecule has 0 unspecified atom stereocenters. The van der Waals surface area contributed by atoms with Crippen molar-refractivity contribution in [1.29, 1.82) is 0 Å². The first-order valence-electron chi connectivity index (χ1n) is 12.6. The molecule has 0 aliphatic carbocycles. The number of pyridine rings is 1. The summed E-state index contributed by atoms with van der Waals surface area (Å²) in [6.07, 6.45) is 6.40. The van der Waals surface area contributed by atoms with Crippen LogP contribution >= 0.6 is 11.8 Å². The Hall–Kier alpha value is -4.03. The zero-order valence-electron chi connectivity index (χ0n) is 20.9. The fourth-order valence-corrected chi connectivity index (χ4v) is 5.39.